The van der Waals surface area contributed by atoms with Crippen LogP contribution in [0.3, 0.4) is 0 Å². The molecule has 2 aromatic heterocycles. The summed E-state index contributed by atoms with van der Waals surface area (Å²) in [5, 5.41) is 15.0. The Balaban J connectivity index is 1.97. The smallest absolute Gasteiger partial charge is 0.360 e. The predicted octanol–water partition coefficient (Wildman–Crippen LogP) is 1.61. The number of nitrogen functional groups attached to an aromatic ring is 1. The minimum atomic E-state index is -0.617. The van der Waals surface area contributed by atoms with Gasteiger partial charge in [0.1, 0.15) is 18.1 Å². The van der Waals surface area contributed by atoms with Gasteiger partial charge in [-0.3, -0.25) is 0 Å². The molecule has 0 unspecified atom stereocenters. The molecule has 0 fully saturated rings. The molecule has 0 radical (unpaired) electrons. The van der Waals surface area contributed by atoms with Crippen LogP contribution in [0.4, 0.5) is 5.82 Å². The fourth-order valence-electron chi connectivity index (χ4n) is 2.32. The normalized spacial score (nSPS) is 10.7. The fourth-order valence-corrected chi connectivity index (χ4v) is 2.32. The molecule has 0 saturated carbocycles. The molecule has 2 heterocycles. The highest BCUT2D eigenvalue weighted by atomic mass is 16.6. The molecule has 136 valence electrons. The van der Waals surface area contributed by atoms with Crippen LogP contribution in [-0.4, -0.2) is 37.9 Å². The highest BCUT2D eigenvalue weighted by Crippen LogP contribution is 2.23. The van der Waals surface area contributed by atoms with E-state index in [0.29, 0.717) is 11.4 Å². The van der Waals surface area contributed by atoms with Gasteiger partial charge in [-0.25, -0.2) is 9.42 Å². The number of aromatic nitrogens is 5. The Morgan fingerprint density at radius 1 is 1.31 bits per heavy atom. The molecule has 2 N–H and O–H groups in total. The summed E-state index contributed by atoms with van der Waals surface area (Å²) in [6.45, 7) is 5.84. The van der Waals surface area contributed by atoms with Crippen LogP contribution < -0.4 is 10.5 Å². The van der Waals surface area contributed by atoms with Crippen molar-refractivity contribution < 1.29 is 18.9 Å². The van der Waals surface area contributed by atoms with Gasteiger partial charge in [0.25, 0.3) is 0 Å². The Morgan fingerprint density at radius 3 is 2.81 bits per heavy atom. The topological polar surface area (TPSA) is 131 Å². The lowest BCUT2D eigenvalue weighted by Crippen LogP contribution is -2.13. The maximum atomic E-state index is 12.2. The first-order chi connectivity index (χ1) is 12.5. The van der Waals surface area contributed by atoms with E-state index in [-0.39, 0.29) is 30.5 Å². The van der Waals surface area contributed by atoms with Crippen molar-refractivity contribution in [2.75, 3.05) is 12.3 Å². The van der Waals surface area contributed by atoms with Gasteiger partial charge in [0.15, 0.2) is 5.69 Å². The van der Waals surface area contributed by atoms with E-state index in [1.165, 1.54) is 4.68 Å². The minimum absolute atomic E-state index is 0.00224. The molecule has 0 aliphatic carbocycles. The SMILES string of the molecule is CCOC(=O)c1nnn(-c2nonc2N)c1COc1cccc(C)c1C. The van der Waals surface area contributed by atoms with Crippen molar-refractivity contribution in [3.05, 3.63) is 40.7 Å². The summed E-state index contributed by atoms with van der Waals surface area (Å²) in [7, 11) is 0. The second-order valence-corrected chi connectivity index (χ2v) is 5.48. The van der Waals surface area contributed by atoms with E-state index >= 15 is 0 Å². The first kappa shape index (κ1) is 17.4. The number of hydrogen-bond acceptors (Lipinski definition) is 9. The molecule has 3 rings (SSSR count). The molecule has 0 atom stereocenters. The Bertz CT molecular complexity index is 933. The van der Waals surface area contributed by atoms with Crippen LogP contribution in [0.15, 0.2) is 22.8 Å². The van der Waals surface area contributed by atoms with Gasteiger partial charge < -0.3 is 15.2 Å². The number of benzene rings is 1. The monoisotopic (exact) mass is 358 g/mol. The Hall–Kier alpha value is -3.43. The van der Waals surface area contributed by atoms with Crippen LogP contribution in [0, 0.1) is 13.8 Å². The van der Waals surface area contributed by atoms with Crippen LogP contribution in [-0.2, 0) is 11.3 Å². The second kappa shape index (κ2) is 7.21. The summed E-state index contributed by atoms with van der Waals surface area (Å²) in [5.41, 5.74) is 8.14. The van der Waals surface area contributed by atoms with Gasteiger partial charge in [0.2, 0.25) is 11.6 Å². The summed E-state index contributed by atoms with van der Waals surface area (Å²) in [6.07, 6.45) is 0. The standard InChI is InChI=1S/C16H18N6O4/c1-4-24-16(23)13-11(8-25-12-7-5-6-9(2)10(12)3)22(21-18-13)15-14(17)19-26-20-15/h5-7H,4,8H2,1-3H3,(H2,17,19). The van der Waals surface area contributed by atoms with Gasteiger partial charge >= 0.3 is 5.97 Å². The van der Waals surface area contributed by atoms with E-state index in [1.54, 1.807) is 6.92 Å². The molecule has 0 amide bonds. The van der Waals surface area contributed by atoms with E-state index in [9.17, 15) is 4.79 Å². The second-order valence-electron chi connectivity index (χ2n) is 5.48. The van der Waals surface area contributed by atoms with Gasteiger partial charge in [-0.05, 0) is 48.3 Å². The van der Waals surface area contributed by atoms with Crippen molar-refractivity contribution in [2.24, 2.45) is 0 Å². The number of rotatable bonds is 6. The molecule has 0 saturated heterocycles. The summed E-state index contributed by atoms with van der Waals surface area (Å²) in [4.78, 5) is 12.2. The lowest BCUT2D eigenvalue weighted by atomic mass is 10.1. The molecular formula is C16H18N6O4. The van der Waals surface area contributed by atoms with Crippen LogP contribution in [0.1, 0.15) is 34.2 Å². The molecule has 10 heteroatoms. The number of nitrogens with zero attached hydrogens (tertiary/aromatic N) is 5. The molecule has 3 aromatic rings. The van der Waals surface area contributed by atoms with E-state index in [0.717, 1.165) is 11.1 Å². The maximum Gasteiger partial charge on any atom is 0.360 e. The molecule has 0 aliphatic rings. The predicted molar refractivity (Wildman–Crippen MR) is 89.8 cm³/mol. The highest BCUT2D eigenvalue weighted by molar-refractivity contribution is 5.88. The number of carbonyl (C=O) groups is 1. The molecule has 0 spiro atoms. The third-order valence-corrected chi connectivity index (χ3v) is 3.85. The van der Waals surface area contributed by atoms with Crippen molar-refractivity contribution >= 4 is 11.8 Å². The fraction of sp³-hybridized carbons (Fsp3) is 0.312. The summed E-state index contributed by atoms with van der Waals surface area (Å²) >= 11 is 0. The van der Waals surface area contributed by atoms with Crippen LogP contribution >= 0.6 is 0 Å². The van der Waals surface area contributed by atoms with E-state index in [2.05, 4.69) is 25.3 Å². The molecule has 0 aliphatic heterocycles. The van der Waals surface area contributed by atoms with E-state index in [4.69, 9.17) is 15.2 Å². The van der Waals surface area contributed by atoms with E-state index < -0.39 is 5.97 Å². The largest absolute Gasteiger partial charge is 0.487 e. The zero-order valence-electron chi connectivity index (χ0n) is 14.6. The van der Waals surface area contributed by atoms with Crippen molar-refractivity contribution in [2.45, 2.75) is 27.4 Å². The highest BCUT2D eigenvalue weighted by Gasteiger charge is 2.25. The summed E-state index contributed by atoms with van der Waals surface area (Å²) in [5.74, 6) is 0.193. The average Bonchev–Trinajstić information content (AvgIpc) is 3.22. The first-order valence-corrected chi connectivity index (χ1v) is 7.92. The van der Waals surface area contributed by atoms with Crippen molar-refractivity contribution in [3.63, 3.8) is 0 Å². The van der Waals surface area contributed by atoms with Gasteiger partial charge in [-0.2, -0.15) is 4.68 Å². The van der Waals surface area contributed by atoms with Crippen LogP contribution in [0.5, 0.6) is 5.75 Å². The number of aryl methyl sites for hydroxylation is 1. The lowest BCUT2D eigenvalue weighted by Gasteiger charge is -2.11. The van der Waals surface area contributed by atoms with Crippen LogP contribution in [0.25, 0.3) is 5.82 Å². The Kier molecular flexibility index (Phi) is 4.83. The number of nitrogens with two attached hydrogens (primary N) is 1. The molecule has 26 heavy (non-hydrogen) atoms. The Labute approximate surface area is 148 Å². The number of esters is 1. The minimum Gasteiger partial charge on any atom is -0.487 e. The number of hydrogen-bond donors (Lipinski definition) is 1. The third kappa shape index (κ3) is 3.21. The lowest BCUT2D eigenvalue weighted by molar-refractivity contribution is 0.0516. The number of anilines is 1. The van der Waals surface area contributed by atoms with Crippen molar-refractivity contribution in [3.8, 4) is 11.6 Å². The molecule has 10 nitrogen and oxygen atoms in total. The van der Waals surface area contributed by atoms with Crippen LogP contribution in [0.2, 0.25) is 0 Å². The average molecular weight is 358 g/mol. The third-order valence-electron chi connectivity index (χ3n) is 3.85. The zero-order chi connectivity index (χ0) is 18.7. The molecule has 0 bridgehead atoms. The van der Waals surface area contributed by atoms with Gasteiger partial charge in [0.05, 0.1) is 6.61 Å². The Morgan fingerprint density at radius 2 is 2.12 bits per heavy atom. The maximum absolute atomic E-state index is 12.2. The quantitative estimate of drug-likeness (QED) is 0.652. The summed E-state index contributed by atoms with van der Waals surface area (Å²) in [6, 6.07) is 5.71. The van der Waals surface area contributed by atoms with Crippen molar-refractivity contribution in [1.29, 1.82) is 0 Å². The van der Waals surface area contributed by atoms with E-state index in [1.807, 2.05) is 32.0 Å². The molecular weight excluding hydrogens is 340 g/mol. The zero-order valence-corrected chi connectivity index (χ0v) is 14.6. The van der Waals surface area contributed by atoms with Crippen molar-refractivity contribution in [1.82, 2.24) is 25.3 Å². The first-order valence-electron chi connectivity index (χ1n) is 7.92. The van der Waals surface area contributed by atoms with Gasteiger partial charge in [-0.15, -0.1) is 5.10 Å². The number of carbonyl (C=O) groups excluding carboxylic acids is 1. The van der Waals surface area contributed by atoms with Gasteiger partial charge in [0, 0.05) is 0 Å². The summed E-state index contributed by atoms with van der Waals surface area (Å²) < 4.78 is 16.8. The van der Waals surface area contributed by atoms with Gasteiger partial charge in [-0.1, -0.05) is 17.3 Å². The number of ether oxygens (including phenoxy) is 2. The molecule has 1 aromatic carbocycles.